The lowest BCUT2D eigenvalue weighted by atomic mass is 10.0. The van der Waals surface area contributed by atoms with Crippen molar-refractivity contribution < 1.29 is 80.2 Å². The van der Waals surface area contributed by atoms with Crippen LogP contribution in [0.15, 0.2) is 0 Å². The summed E-state index contributed by atoms with van der Waals surface area (Å²) in [5, 5.41) is 10.6. The third-order valence-electron chi connectivity index (χ3n) is 18.2. The number of rotatable bonds is 77. The Hall–Kier alpha value is -1.94. The summed E-state index contributed by atoms with van der Waals surface area (Å²) < 4.78 is 68.4. The van der Waals surface area contributed by atoms with Gasteiger partial charge in [0.15, 0.2) is 12.2 Å². The highest BCUT2D eigenvalue weighted by Gasteiger charge is 2.30. The maximum Gasteiger partial charge on any atom is 0.472 e. The van der Waals surface area contributed by atoms with Crippen LogP contribution in [0.3, 0.4) is 0 Å². The van der Waals surface area contributed by atoms with E-state index < -0.39 is 97.5 Å². The summed E-state index contributed by atoms with van der Waals surface area (Å²) in [5.41, 5.74) is 0. The summed E-state index contributed by atoms with van der Waals surface area (Å²) in [5.74, 6) is -0.491. The SMILES string of the molecule is CCCCCCCCCCCCCC(=O)O[C@H](COC(=O)CCCCCCCCC)COP(=O)(O)OC[C@H](O)COP(=O)(O)OC[C@@H](COC(=O)CCCCCCCCCCCCCCCCCC(C)C)OC(=O)CCCCCCCCCCCCCCCCCCCCC(C)C. The second kappa shape index (κ2) is 69.8. The summed E-state index contributed by atoms with van der Waals surface area (Å²) in [4.78, 5) is 72.7. The number of carbonyl (C=O) groups is 4. The van der Waals surface area contributed by atoms with Crippen molar-refractivity contribution in [3.8, 4) is 0 Å². The molecule has 0 radical (unpaired) electrons. The van der Waals surface area contributed by atoms with Crippen molar-refractivity contribution in [1.29, 1.82) is 0 Å². The van der Waals surface area contributed by atoms with Crippen LogP contribution >= 0.6 is 15.6 Å². The predicted molar refractivity (Wildman–Crippen MR) is 395 cm³/mol. The first-order chi connectivity index (χ1) is 46.9. The number of carbonyl (C=O) groups excluding carboxylic acids is 4. The lowest BCUT2D eigenvalue weighted by Crippen LogP contribution is -2.30. The van der Waals surface area contributed by atoms with E-state index in [0.29, 0.717) is 25.7 Å². The van der Waals surface area contributed by atoms with Gasteiger partial charge in [-0.2, -0.15) is 0 Å². The van der Waals surface area contributed by atoms with E-state index in [4.69, 9.17) is 37.0 Å². The fourth-order valence-corrected chi connectivity index (χ4v) is 13.6. The van der Waals surface area contributed by atoms with Gasteiger partial charge < -0.3 is 33.8 Å². The highest BCUT2D eigenvalue weighted by Crippen LogP contribution is 2.45. The second-order valence-electron chi connectivity index (χ2n) is 29.1. The van der Waals surface area contributed by atoms with Crippen molar-refractivity contribution in [2.24, 2.45) is 11.8 Å². The topological polar surface area (TPSA) is 237 Å². The number of esters is 4. The molecular weight excluding hydrogens is 1270 g/mol. The third kappa shape index (κ3) is 72.2. The molecule has 576 valence electrons. The van der Waals surface area contributed by atoms with Gasteiger partial charge >= 0.3 is 39.5 Å². The average molecular weight is 1420 g/mol. The lowest BCUT2D eigenvalue weighted by molar-refractivity contribution is -0.161. The van der Waals surface area contributed by atoms with Crippen LogP contribution in [-0.2, 0) is 65.4 Å². The van der Waals surface area contributed by atoms with Crippen LogP contribution in [0.1, 0.15) is 408 Å². The van der Waals surface area contributed by atoms with Crippen LogP contribution in [0, 0.1) is 11.8 Å². The zero-order valence-corrected chi connectivity index (χ0v) is 65.2. The van der Waals surface area contributed by atoms with E-state index in [1.165, 1.54) is 212 Å². The maximum absolute atomic E-state index is 13.1. The van der Waals surface area contributed by atoms with Crippen molar-refractivity contribution in [3.05, 3.63) is 0 Å². The van der Waals surface area contributed by atoms with Gasteiger partial charge in [0.25, 0.3) is 0 Å². The molecule has 0 spiro atoms. The molecule has 0 aromatic heterocycles. The van der Waals surface area contributed by atoms with Gasteiger partial charge in [0.1, 0.15) is 19.3 Å². The van der Waals surface area contributed by atoms with E-state index in [1.54, 1.807) is 0 Å². The molecule has 17 nitrogen and oxygen atoms in total. The molecule has 0 heterocycles. The normalized spacial score (nSPS) is 14.0. The van der Waals surface area contributed by atoms with E-state index in [1.807, 2.05) is 0 Å². The Bertz CT molecular complexity index is 1870. The van der Waals surface area contributed by atoms with Crippen LogP contribution in [0.5, 0.6) is 0 Å². The highest BCUT2D eigenvalue weighted by atomic mass is 31.2. The molecule has 0 aliphatic carbocycles. The molecule has 0 aliphatic rings. The average Bonchev–Trinajstić information content (AvgIpc) is 1.40. The van der Waals surface area contributed by atoms with Gasteiger partial charge in [0, 0.05) is 25.7 Å². The van der Waals surface area contributed by atoms with E-state index in [0.717, 1.165) is 115 Å². The summed E-state index contributed by atoms with van der Waals surface area (Å²) in [7, 11) is -9.91. The molecule has 0 aromatic carbocycles. The van der Waals surface area contributed by atoms with Gasteiger partial charge in [-0.1, -0.05) is 356 Å². The van der Waals surface area contributed by atoms with Gasteiger partial charge in [0.05, 0.1) is 26.4 Å². The number of aliphatic hydroxyl groups excluding tert-OH is 1. The molecule has 0 rings (SSSR count). The summed E-state index contributed by atoms with van der Waals surface area (Å²) >= 11 is 0. The first kappa shape index (κ1) is 95.1. The van der Waals surface area contributed by atoms with Crippen molar-refractivity contribution in [1.82, 2.24) is 0 Å². The van der Waals surface area contributed by atoms with Gasteiger partial charge in [-0.05, 0) is 37.5 Å². The Labute approximate surface area is 594 Å². The highest BCUT2D eigenvalue weighted by molar-refractivity contribution is 7.47. The van der Waals surface area contributed by atoms with Crippen LogP contribution < -0.4 is 0 Å². The van der Waals surface area contributed by atoms with Crippen LogP contribution in [-0.4, -0.2) is 96.7 Å². The standard InChI is InChI=1S/C78H152O17P2/c1-7-9-11-13-15-16-30-38-44-50-56-62-77(82)94-73(66-88-75(80)60-54-48-40-14-12-10-8-2)68-92-96(84,85)90-64-72(79)65-91-97(86,87)93-69-74(67-89-76(81)61-55-49-43-37-33-28-25-21-23-27-32-36-42-47-53-59-71(5)6)95-78(83)63-57-51-45-39-34-29-24-20-18-17-19-22-26-31-35-41-46-52-58-70(3)4/h70-74,79H,7-69H2,1-6H3,(H,84,85)(H,86,87)/t72-,73+,74+/m0/s1. The summed E-state index contributed by atoms with van der Waals surface area (Å²) in [6.07, 6.45) is 58.5. The molecule has 0 saturated heterocycles. The predicted octanol–water partition coefficient (Wildman–Crippen LogP) is 23.1. The Kier molecular flexibility index (Phi) is 68.4. The summed E-state index contributed by atoms with van der Waals surface area (Å²) in [6.45, 7) is 9.63. The molecule has 2 unspecified atom stereocenters. The molecule has 19 heteroatoms. The Morgan fingerprint density at radius 1 is 0.278 bits per heavy atom. The molecular formula is C78H152O17P2. The first-order valence-corrected chi connectivity index (χ1v) is 43.5. The number of hydrogen-bond donors (Lipinski definition) is 3. The summed E-state index contributed by atoms with van der Waals surface area (Å²) in [6, 6.07) is 0. The second-order valence-corrected chi connectivity index (χ2v) is 32.0. The number of phosphoric acid groups is 2. The zero-order chi connectivity index (χ0) is 71.4. The zero-order valence-electron chi connectivity index (χ0n) is 63.4. The van der Waals surface area contributed by atoms with Crippen LogP contribution in [0.2, 0.25) is 0 Å². The molecule has 0 amide bonds. The Balaban J connectivity index is 5.16. The third-order valence-corrected chi connectivity index (χ3v) is 20.1. The number of hydrogen-bond acceptors (Lipinski definition) is 15. The van der Waals surface area contributed by atoms with Crippen molar-refractivity contribution in [2.45, 2.75) is 426 Å². The maximum atomic E-state index is 13.1. The van der Waals surface area contributed by atoms with E-state index in [2.05, 4.69) is 41.5 Å². The number of aliphatic hydroxyl groups is 1. The van der Waals surface area contributed by atoms with Crippen LogP contribution in [0.25, 0.3) is 0 Å². The van der Waals surface area contributed by atoms with E-state index >= 15 is 0 Å². The Morgan fingerprint density at radius 3 is 0.701 bits per heavy atom. The molecule has 97 heavy (non-hydrogen) atoms. The van der Waals surface area contributed by atoms with Gasteiger partial charge in [-0.15, -0.1) is 0 Å². The molecule has 5 atom stereocenters. The number of ether oxygens (including phenoxy) is 4. The molecule has 0 fully saturated rings. The van der Waals surface area contributed by atoms with Gasteiger partial charge in [-0.3, -0.25) is 37.3 Å². The molecule has 0 aromatic rings. The fraction of sp³-hybridized carbons (Fsp3) is 0.949. The van der Waals surface area contributed by atoms with E-state index in [-0.39, 0.29) is 25.7 Å². The van der Waals surface area contributed by atoms with Crippen molar-refractivity contribution in [2.75, 3.05) is 39.6 Å². The smallest absolute Gasteiger partial charge is 0.462 e. The van der Waals surface area contributed by atoms with Gasteiger partial charge in [0.2, 0.25) is 0 Å². The molecule has 3 N–H and O–H groups in total. The van der Waals surface area contributed by atoms with Crippen LogP contribution in [0.4, 0.5) is 0 Å². The molecule has 0 aliphatic heterocycles. The molecule has 0 bridgehead atoms. The molecule has 0 saturated carbocycles. The monoisotopic (exact) mass is 1420 g/mol. The first-order valence-electron chi connectivity index (χ1n) is 40.5. The quantitative estimate of drug-likeness (QED) is 0.0222. The van der Waals surface area contributed by atoms with Gasteiger partial charge in [-0.25, -0.2) is 9.13 Å². The minimum absolute atomic E-state index is 0.107. The lowest BCUT2D eigenvalue weighted by Gasteiger charge is -2.21. The van der Waals surface area contributed by atoms with Crippen molar-refractivity contribution in [3.63, 3.8) is 0 Å². The largest absolute Gasteiger partial charge is 0.472 e. The van der Waals surface area contributed by atoms with E-state index in [9.17, 15) is 43.2 Å². The fourth-order valence-electron chi connectivity index (χ4n) is 12.0. The Morgan fingerprint density at radius 2 is 0.474 bits per heavy atom. The minimum Gasteiger partial charge on any atom is -0.462 e. The number of unbranched alkanes of at least 4 members (excludes halogenated alkanes) is 47. The minimum atomic E-state index is -4.96. The van der Waals surface area contributed by atoms with Crippen molar-refractivity contribution >= 4 is 39.5 Å². The number of phosphoric ester groups is 2.